The molecule has 0 aliphatic carbocycles. The van der Waals surface area contributed by atoms with Gasteiger partial charge >= 0.3 is 5.97 Å². The molecule has 0 aliphatic heterocycles. The van der Waals surface area contributed by atoms with E-state index in [9.17, 15) is 9.90 Å². The molecule has 0 spiro atoms. The third-order valence-corrected chi connectivity index (χ3v) is 2.49. The fourth-order valence-electron chi connectivity index (χ4n) is 1.33. The lowest BCUT2D eigenvalue weighted by molar-refractivity contribution is -0.160. The van der Waals surface area contributed by atoms with E-state index in [-0.39, 0.29) is 18.6 Å². The van der Waals surface area contributed by atoms with Crippen molar-refractivity contribution in [3.8, 4) is 0 Å². The van der Waals surface area contributed by atoms with Crippen LogP contribution in [0.15, 0.2) is 0 Å². The first-order chi connectivity index (χ1) is 7.25. The van der Waals surface area contributed by atoms with Gasteiger partial charge in [-0.25, -0.2) is 4.79 Å². The zero-order chi connectivity index (χ0) is 12.8. The molecule has 0 radical (unpaired) electrons. The van der Waals surface area contributed by atoms with Gasteiger partial charge in [-0.3, -0.25) is 0 Å². The van der Waals surface area contributed by atoms with E-state index in [4.69, 9.17) is 5.11 Å². The fourth-order valence-corrected chi connectivity index (χ4v) is 1.33. The lowest BCUT2D eigenvalue weighted by Crippen LogP contribution is -2.47. The molecule has 1 atom stereocenters. The molecule has 0 aromatic carbocycles. The van der Waals surface area contributed by atoms with Crippen LogP contribution < -0.4 is 5.32 Å². The second-order valence-corrected chi connectivity index (χ2v) is 5.01. The maximum Gasteiger partial charge on any atom is 0.338 e. The maximum atomic E-state index is 11.2. The first-order valence-electron chi connectivity index (χ1n) is 5.37. The number of aliphatic hydroxyl groups excluding tert-OH is 1. The molecule has 0 bridgehead atoms. The Bertz CT molecular complexity index is 226. The smallest absolute Gasteiger partial charge is 0.338 e. The molecular weight excluding hydrogens is 210 g/mol. The summed E-state index contributed by atoms with van der Waals surface area (Å²) < 4.78 is 4.48. The summed E-state index contributed by atoms with van der Waals surface area (Å²) in [6.07, 6.45) is 0.667. The lowest BCUT2D eigenvalue weighted by atomic mass is 9.89. The summed E-state index contributed by atoms with van der Waals surface area (Å²) in [7, 11) is 1.24. The number of rotatable bonds is 7. The van der Waals surface area contributed by atoms with Crippen LogP contribution >= 0.6 is 0 Å². The summed E-state index contributed by atoms with van der Waals surface area (Å²) in [6, 6.07) is 0. The molecule has 0 saturated carbocycles. The zero-order valence-corrected chi connectivity index (χ0v) is 10.5. The van der Waals surface area contributed by atoms with E-state index in [2.05, 4.69) is 10.1 Å². The van der Waals surface area contributed by atoms with Crippen molar-refractivity contribution in [1.82, 2.24) is 5.32 Å². The highest BCUT2D eigenvalue weighted by molar-refractivity contribution is 5.78. The Hall–Kier alpha value is -0.650. The number of nitrogens with one attached hydrogen (secondary N) is 1. The van der Waals surface area contributed by atoms with Gasteiger partial charge in [0.15, 0.2) is 5.60 Å². The number of carbonyl (C=O) groups is 1. The molecule has 0 fully saturated rings. The van der Waals surface area contributed by atoms with Crippen molar-refractivity contribution >= 4 is 5.97 Å². The Morgan fingerprint density at radius 2 is 1.88 bits per heavy atom. The zero-order valence-electron chi connectivity index (χ0n) is 10.5. The van der Waals surface area contributed by atoms with Gasteiger partial charge in [0.1, 0.15) is 0 Å². The predicted octanol–water partition coefficient (Wildman–Crippen LogP) is -0.0914. The largest absolute Gasteiger partial charge is 0.467 e. The van der Waals surface area contributed by atoms with Crippen molar-refractivity contribution in [2.24, 2.45) is 5.41 Å². The summed E-state index contributed by atoms with van der Waals surface area (Å²) in [5.41, 5.74) is -1.58. The van der Waals surface area contributed by atoms with E-state index in [1.165, 1.54) is 14.0 Å². The minimum absolute atomic E-state index is 0.0685. The highest BCUT2D eigenvalue weighted by atomic mass is 16.5. The maximum absolute atomic E-state index is 11.2. The van der Waals surface area contributed by atoms with Gasteiger partial charge < -0.3 is 20.3 Å². The summed E-state index contributed by atoms with van der Waals surface area (Å²) in [6.45, 7) is 6.29. The SMILES string of the molecule is COC(=O)C(C)(O)CNCC(C)(C)CCO. The van der Waals surface area contributed by atoms with Gasteiger partial charge in [-0.1, -0.05) is 13.8 Å². The molecule has 0 saturated heterocycles. The highest BCUT2D eigenvalue weighted by Gasteiger charge is 2.31. The second-order valence-electron chi connectivity index (χ2n) is 5.01. The topological polar surface area (TPSA) is 78.8 Å². The molecule has 5 nitrogen and oxygen atoms in total. The normalized spacial score (nSPS) is 15.6. The fraction of sp³-hybridized carbons (Fsp3) is 0.909. The molecule has 3 N–H and O–H groups in total. The number of hydrogen-bond acceptors (Lipinski definition) is 5. The Balaban J connectivity index is 4.02. The van der Waals surface area contributed by atoms with Gasteiger partial charge in [-0.2, -0.15) is 0 Å². The molecule has 16 heavy (non-hydrogen) atoms. The third-order valence-electron chi connectivity index (χ3n) is 2.49. The third kappa shape index (κ3) is 5.44. The van der Waals surface area contributed by atoms with Crippen LogP contribution in [0.25, 0.3) is 0 Å². The highest BCUT2D eigenvalue weighted by Crippen LogP contribution is 2.18. The molecule has 0 amide bonds. The first-order valence-corrected chi connectivity index (χ1v) is 5.37. The first kappa shape index (κ1) is 15.3. The van der Waals surface area contributed by atoms with Gasteiger partial charge in [-0.15, -0.1) is 0 Å². The number of methoxy groups -OCH3 is 1. The van der Waals surface area contributed by atoms with E-state index in [1.54, 1.807) is 0 Å². The van der Waals surface area contributed by atoms with E-state index >= 15 is 0 Å². The van der Waals surface area contributed by atoms with Crippen LogP contribution in [-0.4, -0.2) is 48.6 Å². The molecule has 5 heteroatoms. The Labute approximate surface area is 96.8 Å². The van der Waals surface area contributed by atoms with Crippen molar-refractivity contribution in [2.75, 3.05) is 26.8 Å². The number of esters is 1. The van der Waals surface area contributed by atoms with Crippen LogP contribution in [-0.2, 0) is 9.53 Å². The molecule has 1 unspecified atom stereocenters. The summed E-state index contributed by atoms with van der Waals surface area (Å²) in [5, 5.41) is 21.6. The summed E-state index contributed by atoms with van der Waals surface area (Å²) in [4.78, 5) is 11.2. The molecule has 96 valence electrons. The summed E-state index contributed by atoms with van der Waals surface area (Å²) >= 11 is 0. The van der Waals surface area contributed by atoms with Crippen LogP contribution in [0.4, 0.5) is 0 Å². The number of ether oxygens (including phenoxy) is 1. The van der Waals surface area contributed by atoms with Gasteiger partial charge in [0.25, 0.3) is 0 Å². The van der Waals surface area contributed by atoms with E-state index in [0.717, 1.165) is 0 Å². The van der Waals surface area contributed by atoms with Gasteiger partial charge in [0, 0.05) is 19.7 Å². The van der Waals surface area contributed by atoms with Crippen LogP contribution in [0.1, 0.15) is 27.2 Å². The monoisotopic (exact) mass is 233 g/mol. The number of carbonyl (C=O) groups excluding carboxylic acids is 1. The van der Waals surface area contributed by atoms with Gasteiger partial charge in [0.2, 0.25) is 0 Å². The Morgan fingerprint density at radius 1 is 1.31 bits per heavy atom. The molecule has 0 rings (SSSR count). The minimum atomic E-state index is -1.51. The Morgan fingerprint density at radius 3 is 2.31 bits per heavy atom. The minimum Gasteiger partial charge on any atom is -0.467 e. The number of aliphatic hydroxyl groups is 2. The predicted molar refractivity (Wildman–Crippen MR) is 61.0 cm³/mol. The average molecular weight is 233 g/mol. The molecule has 0 aromatic rings. The van der Waals surface area contributed by atoms with Gasteiger partial charge in [-0.05, 0) is 18.8 Å². The van der Waals surface area contributed by atoms with Crippen molar-refractivity contribution in [3.05, 3.63) is 0 Å². The molecule has 0 aliphatic rings. The standard InChI is InChI=1S/C11H23NO4/c1-10(2,5-6-13)7-12-8-11(3,15)9(14)16-4/h12-13,15H,5-8H2,1-4H3. The van der Waals surface area contributed by atoms with Crippen LogP contribution in [0.3, 0.4) is 0 Å². The number of hydrogen-bond donors (Lipinski definition) is 3. The Kier molecular flexibility index (Phi) is 5.92. The van der Waals surface area contributed by atoms with Crippen molar-refractivity contribution in [3.63, 3.8) is 0 Å². The summed E-state index contributed by atoms with van der Waals surface area (Å²) in [5.74, 6) is -0.653. The van der Waals surface area contributed by atoms with Crippen molar-refractivity contribution < 1.29 is 19.7 Å². The van der Waals surface area contributed by atoms with Gasteiger partial charge in [0.05, 0.1) is 7.11 Å². The lowest BCUT2D eigenvalue weighted by Gasteiger charge is -2.27. The molecular formula is C11H23NO4. The van der Waals surface area contributed by atoms with Crippen molar-refractivity contribution in [1.29, 1.82) is 0 Å². The van der Waals surface area contributed by atoms with Crippen LogP contribution in [0.2, 0.25) is 0 Å². The van der Waals surface area contributed by atoms with E-state index in [1.807, 2.05) is 13.8 Å². The quantitative estimate of drug-likeness (QED) is 0.536. The van der Waals surface area contributed by atoms with Crippen LogP contribution in [0, 0.1) is 5.41 Å². The van der Waals surface area contributed by atoms with E-state index in [0.29, 0.717) is 13.0 Å². The average Bonchev–Trinajstić information content (AvgIpc) is 2.15. The molecule has 0 aromatic heterocycles. The van der Waals surface area contributed by atoms with E-state index < -0.39 is 11.6 Å². The molecule has 0 heterocycles. The second kappa shape index (κ2) is 6.18. The van der Waals surface area contributed by atoms with Crippen LogP contribution in [0.5, 0.6) is 0 Å². The van der Waals surface area contributed by atoms with Crippen molar-refractivity contribution in [2.45, 2.75) is 32.8 Å².